The number of H-pyrrole nitrogens is 1. The van der Waals surface area contributed by atoms with E-state index in [1.54, 1.807) is 0 Å². The number of hydrogen-bond donors (Lipinski definition) is 1. The Hall–Kier alpha value is -2.86. The highest BCUT2D eigenvalue weighted by Gasteiger charge is 2.27. The molecule has 1 saturated heterocycles. The number of amides is 1. The third-order valence-corrected chi connectivity index (χ3v) is 7.25. The number of fused-ring (bicyclic) bond motifs is 2. The first-order chi connectivity index (χ1) is 15.9. The molecule has 0 spiro atoms. The van der Waals surface area contributed by atoms with Crippen LogP contribution in [0.15, 0.2) is 30.3 Å². The van der Waals surface area contributed by atoms with Crippen molar-refractivity contribution in [1.82, 2.24) is 20.0 Å². The fraction of sp³-hybridized carbons (Fsp3) is 0.481. The van der Waals surface area contributed by atoms with Gasteiger partial charge in [0.2, 0.25) is 0 Å². The topological polar surface area (TPSA) is 55.5 Å². The van der Waals surface area contributed by atoms with Crippen LogP contribution in [0.2, 0.25) is 0 Å². The number of likely N-dealkylation sites (N-methyl/N-ethyl adjacent to an activating group) is 1. The predicted molar refractivity (Wildman–Crippen MR) is 134 cm³/mol. The highest BCUT2D eigenvalue weighted by molar-refractivity contribution is 6.00. The summed E-state index contributed by atoms with van der Waals surface area (Å²) in [6.45, 7) is 12.1. The molecule has 1 N–H and O–H groups in total. The number of piperazine rings is 1. The summed E-state index contributed by atoms with van der Waals surface area (Å²) in [5.41, 5.74) is 7.69. The lowest BCUT2D eigenvalue weighted by Crippen LogP contribution is -2.44. The summed E-state index contributed by atoms with van der Waals surface area (Å²) < 4.78 is 0. The SMILES string of the molecule is Cc1cc2n[nH]c(CCC(C)C)c2cc1C(=O)N1Cc2ccc(N3CCN(C)CC3)cc2C1. The molecule has 2 aliphatic heterocycles. The zero-order valence-electron chi connectivity index (χ0n) is 20.3. The van der Waals surface area contributed by atoms with Gasteiger partial charge in [0.25, 0.3) is 5.91 Å². The second kappa shape index (κ2) is 8.82. The molecule has 1 amide bonds. The first-order valence-electron chi connectivity index (χ1n) is 12.2. The van der Waals surface area contributed by atoms with Gasteiger partial charge in [-0.1, -0.05) is 19.9 Å². The molecular formula is C27H35N5O. The molecule has 6 heteroatoms. The summed E-state index contributed by atoms with van der Waals surface area (Å²) in [5.74, 6) is 0.747. The fourth-order valence-corrected chi connectivity index (χ4v) is 5.03. The molecule has 3 aromatic rings. The minimum Gasteiger partial charge on any atom is -0.369 e. The predicted octanol–water partition coefficient (Wildman–Crippen LogP) is 4.37. The normalized spacial score (nSPS) is 16.8. The number of hydrogen-bond acceptors (Lipinski definition) is 4. The minimum atomic E-state index is 0.114. The highest BCUT2D eigenvalue weighted by Crippen LogP contribution is 2.31. The van der Waals surface area contributed by atoms with Crippen LogP contribution in [-0.4, -0.2) is 59.1 Å². The van der Waals surface area contributed by atoms with Crippen LogP contribution in [0.4, 0.5) is 5.69 Å². The van der Waals surface area contributed by atoms with Crippen LogP contribution < -0.4 is 4.90 Å². The Balaban J connectivity index is 1.35. The number of carbonyl (C=O) groups is 1. The van der Waals surface area contributed by atoms with Crippen molar-refractivity contribution >= 4 is 22.5 Å². The number of anilines is 1. The summed E-state index contributed by atoms with van der Waals surface area (Å²) in [5, 5.41) is 8.77. The molecule has 0 atom stereocenters. The molecule has 2 aliphatic rings. The molecule has 3 heterocycles. The Morgan fingerprint density at radius 3 is 2.58 bits per heavy atom. The van der Waals surface area contributed by atoms with E-state index in [0.717, 1.165) is 66.7 Å². The Kier molecular flexibility index (Phi) is 5.87. The van der Waals surface area contributed by atoms with Gasteiger partial charge in [0, 0.05) is 61.6 Å². The van der Waals surface area contributed by atoms with Crippen LogP contribution in [0.1, 0.15) is 53.0 Å². The number of rotatable bonds is 5. The molecule has 0 radical (unpaired) electrons. The van der Waals surface area contributed by atoms with Crippen LogP contribution >= 0.6 is 0 Å². The van der Waals surface area contributed by atoms with Gasteiger partial charge in [0.15, 0.2) is 0 Å². The molecule has 2 aromatic carbocycles. The first kappa shape index (κ1) is 22.0. The van der Waals surface area contributed by atoms with E-state index in [2.05, 4.69) is 65.2 Å². The summed E-state index contributed by atoms with van der Waals surface area (Å²) in [6, 6.07) is 10.8. The number of benzene rings is 2. The van der Waals surface area contributed by atoms with Crippen LogP contribution in [0.25, 0.3) is 10.9 Å². The molecule has 33 heavy (non-hydrogen) atoms. The van der Waals surface area contributed by atoms with Gasteiger partial charge in [-0.05, 0) is 73.7 Å². The maximum atomic E-state index is 13.6. The van der Waals surface area contributed by atoms with Crippen molar-refractivity contribution in [3.05, 3.63) is 58.3 Å². The van der Waals surface area contributed by atoms with Crippen molar-refractivity contribution in [2.75, 3.05) is 38.1 Å². The van der Waals surface area contributed by atoms with E-state index in [1.165, 1.54) is 16.8 Å². The maximum absolute atomic E-state index is 13.6. The van der Waals surface area contributed by atoms with E-state index in [-0.39, 0.29) is 5.91 Å². The average Bonchev–Trinajstić information content (AvgIpc) is 3.40. The van der Waals surface area contributed by atoms with Gasteiger partial charge in [0.1, 0.15) is 0 Å². The Bertz CT molecular complexity index is 1170. The van der Waals surface area contributed by atoms with Gasteiger partial charge in [0.05, 0.1) is 5.52 Å². The van der Waals surface area contributed by atoms with Crippen molar-refractivity contribution in [3.8, 4) is 0 Å². The number of aromatic nitrogens is 2. The summed E-state index contributed by atoms with van der Waals surface area (Å²) in [4.78, 5) is 20.4. The van der Waals surface area contributed by atoms with E-state index in [0.29, 0.717) is 19.0 Å². The number of aromatic amines is 1. The third kappa shape index (κ3) is 4.36. The van der Waals surface area contributed by atoms with Crippen molar-refractivity contribution < 1.29 is 4.79 Å². The molecule has 5 rings (SSSR count). The second-order valence-electron chi connectivity index (χ2n) is 10.2. The van der Waals surface area contributed by atoms with E-state index in [4.69, 9.17) is 0 Å². The van der Waals surface area contributed by atoms with Crippen LogP contribution in [-0.2, 0) is 19.5 Å². The summed E-state index contributed by atoms with van der Waals surface area (Å²) >= 11 is 0. The molecule has 0 bridgehead atoms. The molecular weight excluding hydrogens is 410 g/mol. The number of aryl methyl sites for hydroxylation is 2. The number of nitrogens with zero attached hydrogens (tertiary/aromatic N) is 4. The van der Waals surface area contributed by atoms with Crippen molar-refractivity contribution in [2.45, 2.75) is 46.7 Å². The molecule has 0 unspecified atom stereocenters. The van der Waals surface area contributed by atoms with Gasteiger partial charge in [-0.3, -0.25) is 9.89 Å². The van der Waals surface area contributed by atoms with Gasteiger partial charge in [-0.25, -0.2) is 0 Å². The van der Waals surface area contributed by atoms with E-state index in [9.17, 15) is 4.79 Å². The quantitative estimate of drug-likeness (QED) is 0.634. The number of carbonyl (C=O) groups excluding carboxylic acids is 1. The van der Waals surface area contributed by atoms with E-state index < -0.39 is 0 Å². The molecule has 174 valence electrons. The summed E-state index contributed by atoms with van der Waals surface area (Å²) in [6.07, 6.45) is 2.06. The standard InChI is InChI=1S/C27H35N5O/c1-18(2)5-8-25-24-15-23(19(3)13-26(24)29-28-25)27(33)32-16-20-6-7-22(14-21(20)17-32)31-11-9-30(4)10-12-31/h6-7,13-15,18H,5,8-12,16-17H2,1-4H3,(H,28,29). The summed E-state index contributed by atoms with van der Waals surface area (Å²) in [7, 11) is 2.18. The van der Waals surface area contributed by atoms with E-state index >= 15 is 0 Å². The monoisotopic (exact) mass is 445 g/mol. The lowest BCUT2D eigenvalue weighted by molar-refractivity contribution is 0.0751. The van der Waals surface area contributed by atoms with Gasteiger partial charge in [-0.15, -0.1) is 0 Å². The van der Waals surface area contributed by atoms with E-state index in [1.807, 2.05) is 17.9 Å². The average molecular weight is 446 g/mol. The lowest BCUT2D eigenvalue weighted by atomic mass is 10.0. The molecule has 0 saturated carbocycles. The van der Waals surface area contributed by atoms with Gasteiger partial charge < -0.3 is 14.7 Å². The molecule has 1 aromatic heterocycles. The van der Waals surface area contributed by atoms with Gasteiger partial charge in [-0.2, -0.15) is 5.10 Å². The highest BCUT2D eigenvalue weighted by atomic mass is 16.2. The van der Waals surface area contributed by atoms with Crippen LogP contribution in [0.3, 0.4) is 0 Å². The van der Waals surface area contributed by atoms with Crippen LogP contribution in [0.5, 0.6) is 0 Å². The minimum absolute atomic E-state index is 0.114. The largest absolute Gasteiger partial charge is 0.369 e. The third-order valence-electron chi connectivity index (χ3n) is 7.25. The van der Waals surface area contributed by atoms with Crippen molar-refractivity contribution in [2.24, 2.45) is 5.92 Å². The zero-order chi connectivity index (χ0) is 23.1. The second-order valence-corrected chi connectivity index (χ2v) is 10.2. The van der Waals surface area contributed by atoms with Crippen molar-refractivity contribution in [1.29, 1.82) is 0 Å². The first-order valence-corrected chi connectivity index (χ1v) is 12.2. The Labute approximate surface area is 196 Å². The molecule has 0 aliphatic carbocycles. The van der Waals surface area contributed by atoms with Crippen LogP contribution in [0, 0.1) is 12.8 Å². The zero-order valence-corrected chi connectivity index (χ0v) is 20.3. The Morgan fingerprint density at radius 1 is 1.06 bits per heavy atom. The smallest absolute Gasteiger partial charge is 0.254 e. The van der Waals surface area contributed by atoms with Gasteiger partial charge >= 0.3 is 0 Å². The van der Waals surface area contributed by atoms with Crippen molar-refractivity contribution in [3.63, 3.8) is 0 Å². The lowest BCUT2D eigenvalue weighted by Gasteiger charge is -2.34. The fourth-order valence-electron chi connectivity index (χ4n) is 5.03. The maximum Gasteiger partial charge on any atom is 0.254 e. The molecule has 1 fully saturated rings. The molecule has 6 nitrogen and oxygen atoms in total. The number of nitrogens with one attached hydrogen (secondary N) is 1. The Morgan fingerprint density at radius 2 is 1.82 bits per heavy atom.